The number of esters is 2. The quantitative estimate of drug-likeness (QED) is 0.0195. The van der Waals surface area contributed by atoms with Crippen LogP contribution < -0.4 is 4.89 Å². The summed E-state index contributed by atoms with van der Waals surface area (Å²) in [5.41, 5.74) is 0. The summed E-state index contributed by atoms with van der Waals surface area (Å²) in [6.45, 7) is 4.31. The lowest BCUT2D eigenvalue weighted by atomic mass is 10.0. The first kappa shape index (κ1) is 77.8. The summed E-state index contributed by atoms with van der Waals surface area (Å²) in [6.07, 6.45) is 74.5. The van der Waals surface area contributed by atoms with E-state index in [0.717, 1.165) is 38.5 Å². The van der Waals surface area contributed by atoms with Crippen LogP contribution in [0.1, 0.15) is 367 Å². The maximum atomic E-state index is 12.8. The van der Waals surface area contributed by atoms with Crippen LogP contribution in [0.2, 0.25) is 0 Å². The van der Waals surface area contributed by atoms with Gasteiger partial charge in [-0.05, 0) is 38.5 Å². The van der Waals surface area contributed by atoms with Gasteiger partial charge in [-0.3, -0.25) is 14.2 Å². The number of rotatable bonds is 66. The number of hydrogen-bond donors (Lipinski definition) is 0. The molecule has 0 aromatic carbocycles. The number of quaternary nitrogens is 1. The standard InChI is InChI=1S/C69H136NO8P/c1-6-8-10-12-14-16-18-20-22-24-26-28-29-30-31-32-33-34-35-36-37-38-39-40-42-43-45-47-49-51-53-55-57-59-61-68(71)75-65-67(66-77-79(73,74)76-64-63-70(3,4)5)78-69(72)62-60-58-56-54-52-50-48-46-44-41-27-25-23-21-19-17-15-13-11-9-7-2/h25,27,67H,6-24,26,28-66H2,1-5H3/b27-25-. The number of hydrogen-bond acceptors (Lipinski definition) is 8. The molecule has 470 valence electrons. The molecule has 10 heteroatoms. The van der Waals surface area contributed by atoms with E-state index in [-0.39, 0.29) is 32.0 Å². The Labute approximate surface area is 492 Å². The lowest BCUT2D eigenvalue weighted by molar-refractivity contribution is -0.870. The molecule has 0 N–H and O–H groups in total. The van der Waals surface area contributed by atoms with Gasteiger partial charge < -0.3 is 27.9 Å². The molecule has 0 spiro atoms. The first-order valence-corrected chi connectivity index (χ1v) is 36.4. The third-order valence-corrected chi connectivity index (χ3v) is 17.0. The number of nitrogens with zero attached hydrogens (tertiary/aromatic N) is 1. The molecule has 0 aromatic heterocycles. The van der Waals surface area contributed by atoms with E-state index in [2.05, 4.69) is 26.0 Å². The molecule has 0 radical (unpaired) electrons. The molecule has 0 aromatic rings. The van der Waals surface area contributed by atoms with Crippen LogP contribution in [0.4, 0.5) is 0 Å². The van der Waals surface area contributed by atoms with Crippen molar-refractivity contribution >= 4 is 19.8 Å². The molecule has 2 atom stereocenters. The Balaban J connectivity index is 3.94. The summed E-state index contributed by atoms with van der Waals surface area (Å²) >= 11 is 0. The molecule has 0 aliphatic carbocycles. The van der Waals surface area contributed by atoms with Crippen molar-refractivity contribution in [2.75, 3.05) is 47.5 Å². The Kier molecular flexibility index (Phi) is 60.3. The normalized spacial score (nSPS) is 13.1. The number of carbonyl (C=O) groups excluding carboxylic acids is 2. The largest absolute Gasteiger partial charge is 0.756 e. The van der Waals surface area contributed by atoms with Gasteiger partial charge in [0.05, 0.1) is 27.7 Å². The van der Waals surface area contributed by atoms with E-state index in [4.69, 9.17) is 18.5 Å². The first-order valence-electron chi connectivity index (χ1n) is 34.9. The fourth-order valence-corrected chi connectivity index (χ4v) is 11.4. The van der Waals surface area contributed by atoms with Crippen LogP contribution in [0.25, 0.3) is 0 Å². The van der Waals surface area contributed by atoms with Crippen molar-refractivity contribution in [2.45, 2.75) is 373 Å². The highest BCUT2D eigenvalue weighted by Gasteiger charge is 2.22. The number of carbonyl (C=O) groups is 2. The van der Waals surface area contributed by atoms with E-state index < -0.39 is 26.5 Å². The fraction of sp³-hybridized carbons (Fsp3) is 0.942. The maximum Gasteiger partial charge on any atom is 0.306 e. The van der Waals surface area contributed by atoms with Gasteiger partial charge in [0.25, 0.3) is 7.82 Å². The lowest BCUT2D eigenvalue weighted by Crippen LogP contribution is -2.37. The molecule has 0 saturated heterocycles. The van der Waals surface area contributed by atoms with E-state index in [0.29, 0.717) is 17.4 Å². The molecule has 0 fully saturated rings. The van der Waals surface area contributed by atoms with Crippen molar-refractivity contribution in [1.29, 1.82) is 0 Å². The average molecular weight is 1140 g/mol. The van der Waals surface area contributed by atoms with E-state index in [1.807, 2.05) is 21.1 Å². The van der Waals surface area contributed by atoms with Crippen molar-refractivity contribution in [3.8, 4) is 0 Å². The third-order valence-electron chi connectivity index (χ3n) is 16.0. The third kappa shape index (κ3) is 65.8. The molecule has 0 amide bonds. The zero-order valence-electron chi connectivity index (χ0n) is 53.6. The molecule has 0 bridgehead atoms. The maximum absolute atomic E-state index is 12.8. The molecule has 0 aliphatic rings. The second-order valence-corrected chi connectivity index (χ2v) is 26.7. The van der Waals surface area contributed by atoms with E-state index in [9.17, 15) is 19.0 Å². The number of ether oxygens (including phenoxy) is 2. The molecule has 0 heterocycles. The Hall–Kier alpha value is -1.25. The summed E-state index contributed by atoms with van der Waals surface area (Å²) in [5, 5.41) is 0. The van der Waals surface area contributed by atoms with Crippen molar-refractivity contribution in [2.24, 2.45) is 0 Å². The molecular weight excluding hydrogens is 1000 g/mol. The zero-order valence-corrected chi connectivity index (χ0v) is 54.5. The number of likely N-dealkylation sites (N-methyl/N-ethyl adjacent to an activating group) is 1. The fourth-order valence-electron chi connectivity index (χ4n) is 10.7. The molecular formula is C69H136NO8P. The number of phosphoric ester groups is 1. The minimum atomic E-state index is -4.64. The lowest BCUT2D eigenvalue weighted by Gasteiger charge is -2.28. The minimum absolute atomic E-state index is 0.0272. The topological polar surface area (TPSA) is 111 Å². The number of allylic oxidation sites excluding steroid dienone is 2. The van der Waals surface area contributed by atoms with Gasteiger partial charge in [0, 0.05) is 12.8 Å². The minimum Gasteiger partial charge on any atom is -0.756 e. The zero-order chi connectivity index (χ0) is 57.7. The molecule has 9 nitrogen and oxygen atoms in total. The van der Waals surface area contributed by atoms with Crippen molar-refractivity contribution in [3.63, 3.8) is 0 Å². The van der Waals surface area contributed by atoms with Crippen molar-refractivity contribution < 1.29 is 42.1 Å². The van der Waals surface area contributed by atoms with Crippen LogP contribution in [-0.4, -0.2) is 70.0 Å². The number of phosphoric acid groups is 1. The van der Waals surface area contributed by atoms with Gasteiger partial charge in [0.1, 0.15) is 19.8 Å². The first-order chi connectivity index (χ1) is 38.5. The van der Waals surface area contributed by atoms with Crippen LogP contribution in [0.15, 0.2) is 12.2 Å². The second kappa shape index (κ2) is 61.3. The van der Waals surface area contributed by atoms with Gasteiger partial charge >= 0.3 is 11.9 Å². The number of unbranched alkanes of at least 4 members (excludes halogenated alkanes) is 50. The van der Waals surface area contributed by atoms with Crippen molar-refractivity contribution in [1.82, 2.24) is 0 Å². The van der Waals surface area contributed by atoms with Crippen LogP contribution in [0, 0.1) is 0 Å². The van der Waals surface area contributed by atoms with E-state index in [1.54, 1.807) is 0 Å². The summed E-state index contributed by atoms with van der Waals surface area (Å²) < 4.78 is 34.3. The van der Waals surface area contributed by atoms with Gasteiger partial charge in [-0.25, -0.2) is 0 Å². The highest BCUT2D eigenvalue weighted by Crippen LogP contribution is 2.38. The van der Waals surface area contributed by atoms with Crippen molar-refractivity contribution in [3.05, 3.63) is 12.2 Å². The predicted octanol–water partition coefficient (Wildman–Crippen LogP) is 21.7. The second-order valence-electron chi connectivity index (χ2n) is 25.3. The van der Waals surface area contributed by atoms with Crippen LogP contribution in [0.5, 0.6) is 0 Å². The monoisotopic (exact) mass is 1140 g/mol. The van der Waals surface area contributed by atoms with Crippen LogP contribution >= 0.6 is 7.82 Å². The average Bonchev–Trinajstić information content (AvgIpc) is 3.41. The molecule has 79 heavy (non-hydrogen) atoms. The predicted molar refractivity (Wildman–Crippen MR) is 338 cm³/mol. The summed E-state index contributed by atoms with van der Waals surface area (Å²) in [6, 6.07) is 0. The van der Waals surface area contributed by atoms with E-state index in [1.165, 1.54) is 295 Å². The highest BCUT2D eigenvalue weighted by atomic mass is 31.2. The summed E-state index contributed by atoms with van der Waals surface area (Å²) in [5.74, 6) is -0.813. The molecule has 0 saturated carbocycles. The Morgan fingerprint density at radius 1 is 0.380 bits per heavy atom. The van der Waals surface area contributed by atoms with E-state index >= 15 is 0 Å². The SMILES string of the molecule is CCCCCCCCCC/C=C\CCCCCCCCCCCC(=O)OC(COC(=O)CCCCCCCCCCCCCCCCCCCCCCCCCCCCCCCCCCCC)COP(=O)([O-])OCC[N+](C)(C)C. The molecule has 2 unspecified atom stereocenters. The van der Waals surface area contributed by atoms with Crippen LogP contribution in [-0.2, 0) is 32.7 Å². The van der Waals surface area contributed by atoms with Gasteiger partial charge in [-0.1, -0.05) is 328 Å². The van der Waals surface area contributed by atoms with Gasteiger partial charge in [-0.15, -0.1) is 0 Å². The Morgan fingerprint density at radius 3 is 0.937 bits per heavy atom. The van der Waals surface area contributed by atoms with Crippen LogP contribution in [0.3, 0.4) is 0 Å². The summed E-state index contributed by atoms with van der Waals surface area (Å²) in [4.78, 5) is 38.0. The van der Waals surface area contributed by atoms with Gasteiger partial charge in [0.2, 0.25) is 0 Å². The Morgan fingerprint density at radius 2 is 0.646 bits per heavy atom. The molecule has 0 aliphatic heterocycles. The van der Waals surface area contributed by atoms with Gasteiger partial charge in [-0.2, -0.15) is 0 Å². The van der Waals surface area contributed by atoms with Gasteiger partial charge in [0.15, 0.2) is 6.10 Å². The summed E-state index contributed by atoms with van der Waals surface area (Å²) in [7, 11) is 1.19. The molecule has 0 rings (SSSR count). The Bertz CT molecular complexity index is 1340. The smallest absolute Gasteiger partial charge is 0.306 e. The highest BCUT2D eigenvalue weighted by molar-refractivity contribution is 7.45.